The van der Waals surface area contributed by atoms with Gasteiger partial charge in [0.05, 0.1) is 16.9 Å². The van der Waals surface area contributed by atoms with Crippen LogP contribution in [0.25, 0.3) is 10.1 Å². The predicted molar refractivity (Wildman–Crippen MR) is 142 cm³/mol. The Morgan fingerprint density at radius 3 is 2.61 bits per heavy atom. The van der Waals surface area contributed by atoms with Gasteiger partial charge in [-0.1, -0.05) is 19.8 Å². The van der Waals surface area contributed by atoms with Gasteiger partial charge in [0.25, 0.3) is 0 Å². The molecule has 3 aliphatic rings. The normalized spacial score (nSPS) is 27.4. The summed E-state index contributed by atoms with van der Waals surface area (Å²) >= 11 is 1.42. The lowest BCUT2D eigenvalue weighted by molar-refractivity contribution is -0.176. The molecule has 3 unspecified atom stereocenters. The van der Waals surface area contributed by atoms with E-state index in [2.05, 4.69) is 22.3 Å². The van der Waals surface area contributed by atoms with E-state index in [1.165, 1.54) is 30.3 Å². The van der Waals surface area contributed by atoms with Crippen molar-refractivity contribution in [3.63, 3.8) is 0 Å². The third kappa shape index (κ3) is 4.01. The molecule has 41 heavy (non-hydrogen) atoms. The summed E-state index contributed by atoms with van der Waals surface area (Å²) in [5, 5.41) is 17.0. The number of ether oxygens (including phenoxy) is 1. The molecular weight excluding hydrogens is 559 g/mol. The quantitative estimate of drug-likeness (QED) is 0.458. The maximum Gasteiger partial charge on any atom is 0.471 e. The predicted octanol–water partition coefficient (Wildman–Crippen LogP) is 2.54. The minimum absolute atomic E-state index is 0.102. The van der Waals surface area contributed by atoms with E-state index in [4.69, 9.17) is 11.2 Å². The molecule has 2 aromatic heterocycles. The van der Waals surface area contributed by atoms with Crippen molar-refractivity contribution in [2.24, 2.45) is 16.2 Å². The number of aromatic nitrogens is 1. The molecule has 2 aromatic rings. The van der Waals surface area contributed by atoms with Gasteiger partial charge in [0.2, 0.25) is 11.8 Å². The van der Waals surface area contributed by atoms with Crippen LogP contribution in [0.3, 0.4) is 0 Å². The van der Waals surface area contributed by atoms with Crippen LogP contribution in [0.4, 0.5) is 13.2 Å². The Kier molecular flexibility index (Phi) is 6.63. The molecule has 9 nitrogen and oxygen atoms in total. The van der Waals surface area contributed by atoms with Crippen LogP contribution in [0.2, 0.25) is 0 Å². The van der Waals surface area contributed by atoms with Crippen molar-refractivity contribution in [3.05, 3.63) is 28.9 Å². The molecule has 13 heteroatoms. The lowest BCUT2D eigenvalue weighted by atomic mass is 9.80. The molecule has 0 bridgehead atoms. The third-order valence-corrected chi connectivity index (χ3v) is 10.5. The van der Waals surface area contributed by atoms with Crippen LogP contribution in [0, 0.1) is 39.9 Å². The smallest absolute Gasteiger partial charge is 0.379 e. The van der Waals surface area contributed by atoms with Crippen LogP contribution < -0.4 is 10.6 Å². The molecule has 1 aliphatic heterocycles. The summed E-state index contributed by atoms with van der Waals surface area (Å²) in [6, 6.07) is -1.61. The fraction of sp³-hybridized carbons (Fsp3) is 0.536. The monoisotopic (exact) mass is 587 g/mol. The fourth-order valence-corrected chi connectivity index (χ4v) is 8.02. The molecule has 2 N–H and O–H groups in total. The highest BCUT2D eigenvalue weighted by Gasteiger charge is 3.02. The number of nitrogens with one attached hydrogen (secondary N) is 2. The number of pyridine rings is 1. The van der Waals surface area contributed by atoms with E-state index < -0.39 is 53.5 Å². The largest absolute Gasteiger partial charge is 0.471 e. The Bertz CT molecular complexity index is 1540. The van der Waals surface area contributed by atoms with Crippen LogP contribution in [0.1, 0.15) is 38.3 Å². The van der Waals surface area contributed by atoms with Gasteiger partial charge in [0.15, 0.2) is 0 Å². The highest BCUT2D eigenvalue weighted by atomic mass is 32.1. The summed E-state index contributed by atoms with van der Waals surface area (Å²) < 4.78 is 45.1. The topological polar surface area (TPSA) is 124 Å². The van der Waals surface area contributed by atoms with E-state index in [0.717, 1.165) is 10.1 Å². The molecule has 0 aromatic carbocycles. The maximum atomic E-state index is 13.9. The molecule has 0 radical (unpaired) electrons. The van der Waals surface area contributed by atoms with E-state index in [1.807, 2.05) is 19.2 Å². The molecule has 0 spiro atoms. The number of terminal acetylenes is 1. The van der Waals surface area contributed by atoms with Gasteiger partial charge in [0, 0.05) is 59.6 Å². The number of thiophene rings is 1. The first kappa shape index (κ1) is 28.8. The summed E-state index contributed by atoms with van der Waals surface area (Å²) in [4.78, 5) is 44.8. The lowest BCUT2D eigenvalue weighted by Gasteiger charge is -2.41. The average molecular weight is 588 g/mol. The van der Waals surface area contributed by atoms with E-state index in [-0.39, 0.29) is 23.8 Å². The van der Waals surface area contributed by atoms with Gasteiger partial charge in [-0.05, 0) is 24.3 Å². The highest BCUT2D eigenvalue weighted by Crippen LogP contribution is 3.00. The van der Waals surface area contributed by atoms with Crippen molar-refractivity contribution in [2.75, 3.05) is 13.7 Å². The van der Waals surface area contributed by atoms with Crippen molar-refractivity contribution < 1.29 is 32.3 Å². The van der Waals surface area contributed by atoms with Gasteiger partial charge < -0.3 is 20.3 Å². The second kappa shape index (κ2) is 9.43. The molecule has 6 atom stereocenters. The summed E-state index contributed by atoms with van der Waals surface area (Å²) in [7, 11) is 1.21. The molecule has 1 saturated heterocycles. The number of hydrogen-bond acceptors (Lipinski definition) is 7. The van der Waals surface area contributed by atoms with E-state index in [1.54, 1.807) is 17.7 Å². The van der Waals surface area contributed by atoms with Crippen molar-refractivity contribution in [2.45, 2.75) is 64.0 Å². The number of amides is 3. The van der Waals surface area contributed by atoms with Crippen LogP contribution in [0.15, 0.2) is 17.8 Å². The van der Waals surface area contributed by atoms with Gasteiger partial charge >= 0.3 is 12.1 Å². The number of nitrogens with zero attached hydrogens (tertiary/aromatic N) is 3. The standard InChI is InChI=1S/C28H28F3N5O4S/c1-6-15-11-41-18-10-33-9-16(19(15)18)7-17(8-32)34-22(37)21-27-12-26(27,25(27,3)4)13-36(21)23(38)20(14(2)40-5)35-24(39)28(29,30)31/h1,9-11,14,17,20-21H,7,12-13H2,2-5H3,(H,34,37)(H,35,39)/t14-,17?,20+,21-,26?,27?/m1/s1. The highest BCUT2D eigenvalue weighted by molar-refractivity contribution is 7.17. The molecule has 3 heterocycles. The van der Waals surface area contributed by atoms with Gasteiger partial charge in [-0.3, -0.25) is 19.4 Å². The van der Waals surface area contributed by atoms with Gasteiger partial charge in [0.1, 0.15) is 18.1 Å². The van der Waals surface area contributed by atoms with Gasteiger partial charge in [-0.2, -0.15) is 18.4 Å². The molecular formula is C28H28F3N5O4S. The van der Waals surface area contributed by atoms with Gasteiger partial charge in [-0.25, -0.2) is 0 Å². The number of fused-ring (bicyclic) bond motifs is 1. The first-order valence-electron chi connectivity index (χ1n) is 12.9. The number of hydrogen-bond donors (Lipinski definition) is 2. The van der Waals surface area contributed by atoms with E-state index >= 15 is 0 Å². The second-order valence-corrected chi connectivity index (χ2v) is 12.4. The number of piperidine rings is 2. The first-order valence-corrected chi connectivity index (χ1v) is 13.8. The molecule has 5 rings (SSSR count). The Labute approximate surface area is 238 Å². The zero-order chi connectivity index (χ0) is 30.1. The molecule has 3 fully saturated rings. The molecule has 216 valence electrons. The van der Waals surface area contributed by atoms with Crippen LogP contribution in [0.5, 0.6) is 0 Å². The number of carbonyl (C=O) groups is 3. The molecule has 2 aliphatic carbocycles. The zero-order valence-corrected chi connectivity index (χ0v) is 23.6. The molecule has 2 saturated carbocycles. The number of alkyl halides is 3. The average Bonchev–Trinajstić information content (AvgIpc) is 3.47. The van der Waals surface area contributed by atoms with Crippen molar-refractivity contribution >= 4 is 39.1 Å². The minimum Gasteiger partial charge on any atom is -0.379 e. The SMILES string of the molecule is C#Cc1csc2cncc(CC(C#N)NC(=O)[C@H]3N(C(=O)[C@@H](NC(=O)C(F)(F)F)[C@@H](C)OC)CC45CC34C5(C)C)c12. The third-order valence-electron chi connectivity index (χ3n) is 9.57. The fourth-order valence-electron chi connectivity index (χ4n) is 7.11. The first-order chi connectivity index (χ1) is 19.2. The zero-order valence-electron chi connectivity index (χ0n) is 22.8. The number of carbonyl (C=O) groups excluding carboxylic acids is 3. The van der Waals surface area contributed by atoms with E-state index in [9.17, 15) is 32.8 Å². The van der Waals surface area contributed by atoms with Gasteiger partial charge in [-0.15, -0.1) is 17.8 Å². The van der Waals surface area contributed by atoms with Crippen LogP contribution in [-0.4, -0.2) is 71.7 Å². The second-order valence-electron chi connectivity index (χ2n) is 11.5. The van der Waals surface area contributed by atoms with E-state index in [0.29, 0.717) is 17.5 Å². The maximum absolute atomic E-state index is 13.9. The van der Waals surface area contributed by atoms with Crippen molar-refractivity contribution in [1.29, 1.82) is 5.26 Å². The number of nitriles is 1. The Hall–Kier alpha value is -3.68. The summed E-state index contributed by atoms with van der Waals surface area (Å²) in [6.45, 7) is 5.49. The Morgan fingerprint density at radius 1 is 1.32 bits per heavy atom. The number of likely N-dealkylation sites (tertiary alicyclic amines) is 1. The Morgan fingerprint density at radius 2 is 2.02 bits per heavy atom. The van der Waals surface area contributed by atoms with Crippen LogP contribution >= 0.6 is 11.3 Å². The van der Waals surface area contributed by atoms with Crippen molar-refractivity contribution in [1.82, 2.24) is 20.5 Å². The summed E-state index contributed by atoms with van der Waals surface area (Å²) in [6.07, 6.45) is 3.36. The lowest BCUT2D eigenvalue weighted by Crippen LogP contribution is -2.62. The molecule has 3 amide bonds. The summed E-state index contributed by atoms with van der Waals surface area (Å²) in [5.74, 6) is -1.09. The number of rotatable bonds is 8. The minimum atomic E-state index is -5.21. The number of halogens is 3. The van der Waals surface area contributed by atoms with Crippen molar-refractivity contribution in [3.8, 4) is 18.4 Å². The van der Waals surface area contributed by atoms with Crippen LogP contribution in [-0.2, 0) is 25.5 Å². The summed E-state index contributed by atoms with van der Waals surface area (Å²) in [5.41, 5.74) is 0.117. The Balaban J connectivity index is 1.41. The number of methoxy groups -OCH3 is 1.